The van der Waals surface area contributed by atoms with E-state index in [1.54, 1.807) is 18.0 Å². The van der Waals surface area contributed by atoms with Gasteiger partial charge >= 0.3 is 0 Å². The van der Waals surface area contributed by atoms with E-state index in [2.05, 4.69) is 4.98 Å². The van der Waals surface area contributed by atoms with Gasteiger partial charge in [0.2, 0.25) is 0 Å². The largest absolute Gasteiger partial charge is 0.497 e. The number of benzene rings is 1. The van der Waals surface area contributed by atoms with E-state index in [9.17, 15) is 4.79 Å². The van der Waals surface area contributed by atoms with Crippen LogP contribution in [-0.2, 0) is 0 Å². The van der Waals surface area contributed by atoms with Gasteiger partial charge in [-0.25, -0.2) is 4.98 Å². The van der Waals surface area contributed by atoms with E-state index < -0.39 is 0 Å². The van der Waals surface area contributed by atoms with Gasteiger partial charge < -0.3 is 4.74 Å². The first-order valence-electron chi connectivity index (χ1n) is 4.47. The number of hydrogen-bond donors (Lipinski definition) is 0. The molecular weight excluding hydrogens is 192 g/mol. The molecule has 0 radical (unpaired) electrons. The number of hydrogen-bond acceptors (Lipinski definition) is 3. The highest BCUT2D eigenvalue weighted by Crippen LogP contribution is 2.15. The van der Waals surface area contributed by atoms with Crippen LogP contribution < -0.4 is 4.74 Å². The Morgan fingerprint density at radius 1 is 1.33 bits per heavy atom. The average Bonchev–Trinajstić information content (AvgIpc) is 2.77. The molecule has 1 aromatic heterocycles. The Kier molecular flexibility index (Phi) is 2.49. The highest BCUT2D eigenvalue weighted by atomic mass is 16.5. The Labute approximate surface area is 87.1 Å². The number of carbonyl (C=O) groups excluding carboxylic acids is 1. The van der Waals surface area contributed by atoms with Gasteiger partial charge in [0.05, 0.1) is 19.6 Å². The first-order chi connectivity index (χ1) is 7.35. The molecule has 4 nitrogen and oxygen atoms in total. The van der Waals surface area contributed by atoms with Crippen LogP contribution in [0.25, 0.3) is 5.69 Å². The van der Waals surface area contributed by atoms with Crippen molar-refractivity contribution in [1.82, 2.24) is 9.55 Å². The Bertz CT molecular complexity index is 460. The second-order valence-electron chi connectivity index (χ2n) is 3.00. The summed E-state index contributed by atoms with van der Waals surface area (Å²) in [6.07, 6.45) is 3.90. The summed E-state index contributed by atoms with van der Waals surface area (Å²) in [7, 11) is 1.61. The molecule has 0 saturated heterocycles. The molecule has 0 amide bonds. The molecular formula is C11H10N2O2. The van der Waals surface area contributed by atoms with Crippen molar-refractivity contribution >= 4 is 6.29 Å². The van der Waals surface area contributed by atoms with Gasteiger partial charge in [-0.05, 0) is 24.3 Å². The number of aldehydes is 1. The Hall–Kier alpha value is -2.10. The zero-order valence-corrected chi connectivity index (χ0v) is 8.25. The van der Waals surface area contributed by atoms with Gasteiger partial charge in [-0.1, -0.05) is 0 Å². The van der Waals surface area contributed by atoms with Crippen LogP contribution in [0.5, 0.6) is 5.75 Å². The topological polar surface area (TPSA) is 44.1 Å². The molecule has 0 aliphatic heterocycles. The summed E-state index contributed by atoms with van der Waals surface area (Å²) < 4.78 is 6.76. The van der Waals surface area contributed by atoms with E-state index in [-0.39, 0.29) is 0 Å². The van der Waals surface area contributed by atoms with Gasteiger partial charge in [-0.15, -0.1) is 0 Å². The first kappa shape index (κ1) is 9.45. The third-order valence-corrected chi connectivity index (χ3v) is 2.14. The van der Waals surface area contributed by atoms with Gasteiger partial charge in [0.1, 0.15) is 11.4 Å². The van der Waals surface area contributed by atoms with E-state index in [1.165, 1.54) is 6.20 Å². The number of rotatable bonds is 3. The number of carbonyl (C=O) groups is 1. The number of nitrogens with zero attached hydrogens (tertiary/aromatic N) is 2. The van der Waals surface area contributed by atoms with Crippen LogP contribution in [-0.4, -0.2) is 22.9 Å². The Morgan fingerprint density at radius 2 is 2.07 bits per heavy atom. The maximum Gasteiger partial charge on any atom is 0.168 e. The number of aromatic nitrogens is 2. The van der Waals surface area contributed by atoms with Crippen molar-refractivity contribution in [2.24, 2.45) is 0 Å². The first-order valence-corrected chi connectivity index (χ1v) is 4.47. The molecule has 0 atom stereocenters. The summed E-state index contributed by atoms with van der Waals surface area (Å²) in [5.74, 6) is 0.784. The number of methoxy groups -OCH3 is 1. The minimum atomic E-state index is 0.528. The van der Waals surface area contributed by atoms with Crippen molar-refractivity contribution in [2.75, 3.05) is 7.11 Å². The molecule has 0 unspecified atom stereocenters. The van der Waals surface area contributed by atoms with Crippen LogP contribution in [0.15, 0.2) is 36.8 Å². The number of imidazole rings is 1. The van der Waals surface area contributed by atoms with E-state index in [0.29, 0.717) is 5.69 Å². The van der Waals surface area contributed by atoms with Crippen molar-refractivity contribution in [3.8, 4) is 11.4 Å². The smallest absolute Gasteiger partial charge is 0.168 e. The lowest BCUT2D eigenvalue weighted by atomic mass is 10.3. The van der Waals surface area contributed by atoms with Gasteiger partial charge in [0.25, 0.3) is 0 Å². The zero-order valence-electron chi connectivity index (χ0n) is 8.25. The molecule has 0 saturated carbocycles. The second kappa shape index (κ2) is 3.96. The highest BCUT2D eigenvalue weighted by Gasteiger charge is 2.02. The molecule has 0 aliphatic carbocycles. The SMILES string of the molecule is COc1ccc(-n2cncc2C=O)cc1. The molecule has 1 heterocycles. The van der Waals surface area contributed by atoms with Crippen LogP contribution >= 0.6 is 0 Å². The molecule has 76 valence electrons. The van der Waals surface area contributed by atoms with E-state index in [1.807, 2.05) is 24.3 Å². The molecule has 4 heteroatoms. The summed E-state index contributed by atoms with van der Waals surface area (Å²) in [5.41, 5.74) is 1.41. The summed E-state index contributed by atoms with van der Waals surface area (Å²) in [5, 5.41) is 0. The monoisotopic (exact) mass is 202 g/mol. The summed E-state index contributed by atoms with van der Waals surface area (Å²) in [6.45, 7) is 0. The average molecular weight is 202 g/mol. The van der Waals surface area contributed by atoms with E-state index in [0.717, 1.165) is 17.7 Å². The summed E-state index contributed by atoms with van der Waals surface area (Å²) in [6, 6.07) is 7.41. The normalized spacial score (nSPS) is 9.93. The third-order valence-electron chi connectivity index (χ3n) is 2.14. The second-order valence-corrected chi connectivity index (χ2v) is 3.00. The molecule has 2 rings (SSSR count). The summed E-state index contributed by atoms with van der Waals surface area (Å²) >= 11 is 0. The summed E-state index contributed by atoms with van der Waals surface area (Å²) in [4.78, 5) is 14.6. The fraction of sp³-hybridized carbons (Fsp3) is 0.0909. The van der Waals surface area contributed by atoms with Crippen LogP contribution in [0.2, 0.25) is 0 Å². The molecule has 0 fully saturated rings. The van der Waals surface area contributed by atoms with Crippen LogP contribution in [0.3, 0.4) is 0 Å². The van der Waals surface area contributed by atoms with Gasteiger partial charge in [-0.2, -0.15) is 0 Å². The predicted molar refractivity (Wildman–Crippen MR) is 55.5 cm³/mol. The quantitative estimate of drug-likeness (QED) is 0.711. The molecule has 0 spiro atoms. The lowest BCUT2D eigenvalue weighted by molar-refractivity contribution is 0.111. The van der Waals surface area contributed by atoms with Crippen molar-refractivity contribution in [1.29, 1.82) is 0 Å². The molecule has 0 aliphatic rings. The van der Waals surface area contributed by atoms with Gasteiger partial charge in [0.15, 0.2) is 6.29 Å². The minimum absolute atomic E-state index is 0.528. The molecule has 1 aromatic carbocycles. The van der Waals surface area contributed by atoms with Gasteiger partial charge in [0, 0.05) is 5.69 Å². The third kappa shape index (κ3) is 1.74. The molecule has 2 aromatic rings. The van der Waals surface area contributed by atoms with Crippen LogP contribution in [0.4, 0.5) is 0 Å². The van der Waals surface area contributed by atoms with Crippen molar-refractivity contribution in [3.05, 3.63) is 42.5 Å². The molecule has 0 bridgehead atoms. The maximum atomic E-state index is 10.7. The highest BCUT2D eigenvalue weighted by molar-refractivity contribution is 5.73. The van der Waals surface area contributed by atoms with E-state index >= 15 is 0 Å². The fourth-order valence-corrected chi connectivity index (χ4v) is 1.35. The van der Waals surface area contributed by atoms with Crippen LogP contribution in [0.1, 0.15) is 10.5 Å². The van der Waals surface area contributed by atoms with Crippen molar-refractivity contribution in [2.45, 2.75) is 0 Å². The molecule has 15 heavy (non-hydrogen) atoms. The fourth-order valence-electron chi connectivity index (χ4n) is 1.35. The van der Waals surface area contributed by atoms with Crippen LogP contribution in [0, 0.1) is 0 Å². The predicted octanol–water partition coefficient (Wildman–Crippen LogP) is 1.69. The van der Waals surface area contributed by atoms with Crippen molar-refractivity contribution < 1.29 is 9.53 Å². The van der Waals surface area contributed by atoms with Gasteiger partial charge in [-0.3, -0.25) is 9.36 Å². The number of ether oxygens (including phenoxy) is 1. The van der Waals surface area contributed by atoms with E-state index in [4.69, 9.17) is 4.74 Å². The molecule has 0 N–H and O–H groups in total. The standard InChI is InChI=1S/C11H10N2O2/c1-15-11-4-2-9(3-5-11)13-8-12-6-10(13)7-14/h2-8H,1H3. The minimum Gasteiger partial charge on any atom is -0.497 e. The lowest BCUT2D eigenvalue weighted by Crippen LogP contribution is -1.97. The van der Waals surface area contributed by atoms with Crippen molar-refractivity contribution in [3.63, 3.8) is 0 Å². The lowest BCUT2D eigenvalue weighted by Gasteiger charge is -2.05. The maximum absolute atomic E-state index is 10.7. The Balaban J connectivity index is 2.41. The zero-order chi connectivity index (χ0) is 10.7. The Morgan fingerprint density at radius 3 is 2.67 bits per heavy atom.